The van der Waals surface area contributed by atoms with E-state index in [1.807, 2.05) is 0 Å². The Balaban J connectivity index is 1.55. The normalized spacial score (nSPS) is 17.9. The second-order valence-corrected chi connectivity index (χ2v) is 8.91. The monoisotopic (exact) mass is 407 g/mol. The number of benzene rings is 2. The zero-order chi connectivity index (χ0) is 19.4. The summed E-state index contributed by atoms with van der Waals surface area (Å²) < 4.78 is 22.8. The molecule has 1 aliphatic heterocycles. The fraction of sp³-hybridized carbons (Fsp3) is 0.222. The van der Waals surface area contributed by atoms with Gasteiger partial charge in [-0.05, 0) is 48.9 Å². The maximum atomic E-state index is 12.2. The molecule has 3 N–H and O–H groups in total. The first-order valence-electron chi connectivity index (χ1n) is 8.26. The molecule has 142 valence electrons. The van der Waals surface area contributed by atoms with Gasteiger partial charge in [0.05, 0.1) is 11.5 Å². The maximum Gasteiger partial charge on any atom is 0.319 e. The van der Waals surface area contributed by atoms with Crippen LogP contribution in [0.2, 0.25) is 5.02 Å². The minimum absolute atomic E-state index is 0.0387. The summed E-state index contributed by atoms with van der Waals surface area (Å²) in [7, 11) is -3.05. The van der Waals surface area contributed by atoms with Crippen LogP contribution in [0.1, 0.15) is 16.8 Å². The van der Waals surface area contributed by atoms with Gasteiger partial charge in [0.1, 0.15) is 0 Å². The van der Waals surface area contributed by atoms with Gasteiger partial charge in [-0.15, -0.1) is 0 Å². The standard InChI is InChI=1S/C18H18ClN3O4S/c19-13-2-1-3-15(10-13)20-17(23)12-4-6-14(7-5-12)21-18(24)22-16-8-9-27(25,26)11-16/h1-7,10,16H,8-9,11H2,(H,20,23)(H2,21,22,24)/t16-/m0/s1. The molecule has 2 aromatic rings. The molecule has 2 aromatic carbocycles. The average molecular weight is 408 g/mol. The van der Waals surface area contributed by atoms with E-state index < -0.39 is 15.9 Å². The topological polar surface area (TPSA) is 104 Å². The predicted molar refractivity (Wildman–Crippen MR) is 105 cm³/mol. The summed E-state index contributed by atoms with van der Waals surface area (Å²) in [6.07, 6.45) is 0.415. The number of halogens is 1. The van der Waals surface area contributed by atoms with Crippen LogP contribution in [0.25, 0.3) is 0 Å². The molecule has 9 heteroatoms. The van der Waals surface area contributed by atoms with Crippen LogP contribution in [0.4, 0.5) is 16.2 Å². The minimum Gasteiger partial charge on any atom is -0.334 e. The fourth-order valence-electron chi connectivity index (χ4n) is 2.74. The number of carbonyl (C=O) groups excluding carboxylic acids is 2. The zero-order valence-electron chi connectivity index (χ0n) is 14.2. The Morgan fingerprint density at radius 2 is 1.74 bits per heavy atom. The van der Waals surface area contributed by atoms with Gasteiger partial charge in [-0.2, -0.15) is 0 Å². The summed E-state index contributed by atoms with van der Waals surface area (Å²) in [4.78, 5) is 24.2. The average Bonchev–Trinajstić information content (AvgIpc) is 2.93. The van der Waals surface area contributed by atoms with E-state index in [0.29, 0.717) is 28.4 Å². The first kappa shape index (κ1) is 19.2. The van der Waals surface area contributed by atoms with Crippen LogP contribution < -0.4 is 16.0 Å². The van der Waals surface area contributed by atoms with E-state index in [-0.39, 0.29) is 23.5 Å². The SMILES string of the molecule is O=C(Nc1ccc(C(=O)Nc2cccc(Cl)c2)cc1)N[C@H]1CCS(=O)(=O)C1. The zero-order valence-corrected chi connectivity index (χ0v) is 15.8. The lowest BCUT2D eigenvalue weighted by Crippen LogP contribution is -2.38. The second kappa shape index (κ2) is 7.98. The number of nitrogens with one attached hydrogen (secondary N) is 3. The van der Waals surface area contributed by atoms with Crippen molar-refractivity contribution in [2.75, 3.05) is 22.1 Å². The molecule has 1 atom stereocenters. The van der Waals surface area contributed by atoms with Crippen molar-refractivity contribution in [2.24, 2.45) is 0 Å². The Morgan fingerprint density at radius 1 is 1.00 bits per heavy atom. The number of amides is 3. The first-order chi connectivity index (χ1) is 12.8. The van der Waals surface area contributed by atoms with Crippen LogP contribution in [0.5, 0.6) is 0 Å². The molecule has 1 fully saturated rings. The predicted octanol–water partition coefficient (Wildman–Crippen LogP) is 2.90. The van der Waals surface area contributed by atoms with Crippen LogP contribution >= 0.6 is 11.6 Å². The van der Waals surface area contributed by atoms with Gasteiger partial charge in [0, 0.05) is 28.0 Å². The summed E-state index contributed by atoms with van der Waals surface area (Å²) >= 11 is 5.89. The molecule has 0 radical (unpaired) electrons. The highest BCUT2D eigenvalue weighted by Gasteiger charge is 2.28. The summed E-state index contributed by atoms with van der Waals surface area (Å²) in [6.45, 7) is 0. The van der Waals surface area contributed by atoms with Gasteiger partial charge in [-0.1, -0.05) is 17.7 Å². The van der Waals surface area contributed by atoms with Crippen LogP contribution in [-0.2, 0) is 9.84 Å². The second-order valence-electron chi connectivity index (χ2n) is 6.24. The number of carbonyl (C=O) groups is 2. The minimum atomic E-state index is -3.05. The van der Waals surface area contributed by atoms with Crippen molar-refractivity contribution in [3.8, 4) is 0 Å². The van der Waals surface area contributed by atoms with Crippen molar-refractivity contribution in [1.82, 2.24) is 5.32 Å². The molecule has 0 aromatic heterocycles. The van der Waals surface area contributed by atoms with Crippen LogP contribution in [-0.4, -0.2) is 37.9 Å². The van der Waals surface area contributed by atoms with E-state index in [9.17, 15) is 18.0 Å². The molecular formula is C18H18ClN3O4S. The van der Waals surface area contributed by atoms with Gasteiger partial charge in [-0.25, -0.2) is 13.2 Å². The third-order valence-electron chi connectivity index (χ3n) is 4.06. The van der Waals surface area contributed by atoms with E-state index in [2.05, 4.69) is 16.0 Å². The summed E-state index contributed by atoms with van der Waals surface area (Å²) in [6, 6.07) is 12.3. The van der Waals surface area contributed by atoms with Crippen LogP contribution in [0.3, 0.4) is 0 Å². The van der Waals surface area contributed by atoms with E-state index >= 15 is 0 Å². The van der Waals surface area contributed by atoms with E-state index in [1.54, 1.807) is 48.5 Å². The summed E-state index contributed by atoms with van der Waals surface area (Å²) in [5.74, 6) is -0.248. The molecule has 0 spiro atoms. The molecule has 1 heterocycles. The van der Waals surface area contributed by atoms with Crippen molar-refractivity contribution >= 4 is 44.8 Å². The van der Waals surface area contributed by atoms with E-state index in [0.717, 1.165) is 0 Å². The van der Waals surface area contributed by atoms with E-state index in [4.69, 9.17) is 11.6 Å². The number of urea groups is 1. The van der Waals surface area contributed by atoms with Crippen LogP contribution in [0.15, 0.2) is 48.5 Å². The lowest BCUT2D eigenvalue weighted by atomic mass is 10.2. The summed E-state index contributed by atoms with van der Waals surface area (Å²) in [5.41, 5.74) is 1.50. The molecule has 0 bridgehead atoms. The first-order valence-corrected chi connectivity index (χ1v) is 10.5. The van der Waals surface area contributed by atoms with Crippen molar-refractivity contribution in [3.63, 3.8) is 0 Å². The van der Waals surface area contributed by atoms with Gasteiger partial charge in [0.2, 0.25) is 0 Å². The lowest BCUT2D eigenvalue weighted by Gasteiger charge is -2.12. The molecule has 1 saturated heterocycles. The number of anilines is 2. The molecule has 0 aliphatic carbocycles. The molecule has 1 aliphatic rings. The largest absolute Gasteiger partial charge is 0.334 e. The highest BCUT2D eigenvalue weighted by atomic mass is 35.5. The molecule has 0 saturated carbocycles. The molecule has 3 rings (SSSR count). The highest BCUT2D eigenvalue weighted by molar-refractivity contribution is 7.91. The van der Waals surface area contributed by atoms with E-state index in [1.165, 1.54) is 0 Å². The highest BCUT2D eigenvalue weighted by Crippen LogP contribution is 2.17. The molecular weight excluding hydrogens is 390 g/mol. The molecule has 3 amide bonds. The third kappa shape index (κ3) is 5.45. The number of sulfone groups is 1. The van der Waals surface area contributed by atoms with Crippen molar-refractivity contribution < 1.29 is 18.0 Å². The van der Waals surface area contributed by atoms with Gasteiger partial charge in [0.15, 0.2) is 9.84 Å². The third-order valence-corrected chi connectivity index (χ3v) is 6.06. The number of hydrogen-bond donors (Lipinski definition) is 3. The Bertz CT molecular complexity index is 961. The van der Waals surface area contributed by atoms with Crippen molar-refractivity contribution in [1.29, 1.82) is 0 Å². The Kier molecular flexibility index (Phi) is 5.67. The Morgan fingerprint density at radius 3 is 2.37 bits per heavy atom. The smallest absolute Gasteiger partial charge is 0.319 e. The number of rotatable bonds is 4. The van der Waals surface area contributed by atoms with Crippen LogP contribution in [0, 0.1) is 0 Å². The molecule has 0 unspecified atom stereocenters. The lowest BCUT2D eigenvalue weighted by molar-refractivity contribution is 0.102. The van der Waals surface area contributed by atoms with Gasteiger partial charge in [-0.3, -0.25) is 4.79 Å². The van der Waals surface area contributed by atoms with Gasteiger partial charge >= 0.3 is 6.03 Å². The fourth-order valence-corrected chi connectivity index (χ4v) is 4.60. The van der Waals surface area contributed by atoms with Gasteiger partial charge in [0.25, 0.3) is 5.91 Å². The Labute approximate surface area is 162 Å². The van der Waals surface area contributed by atoms with Crippen molar-refractivity contribution in [3.05, 3.63) is 59.1 Å². The molecule has 7 nitrogen and oxygen atoms in total. The maximum absolute atomic E-state index is 12.2. The van der Waals surface area contributed by atoms with Crippen molar-refractivity contribution in [2.45, 2.75) is 12.5 Å². The quantitative estimate of drug-likeness (QED) is 0.724. The Hall–Kier alpha value is -2.58. The number of hydrogen-bond acceptors (Lipinski definition) is 4. The summed E-state index contributed by atoms with van der Waals surface area (Å²) in [5, 5.41) is 8.52. The van der Waals surface area contributed by atoms with Gasteiger partial charge < -0.3 is 16.0 Å². The molecule has 27 heavy (non-hydrogen) atoms.